The van der Waals surface area contributed by atoms with Crippen LogP contribution in [0.15, 0.2) is 140 Å². The number of aliphatic hydroxyl groups excluding tert-OH is 3. The van der Waals surface area contributed by atoms with Gasteiger partial charge in [-0.25, -0.2) is 9.59 Å². The van der Waals surface area contributed by atoms with Gasteiger partial charge in [0.25, 0.3) is 0 Å². The van der Waals surface area contributed by atoms with Gasteiger partial charge in [0.15, 0.2) is 0 Å². The number of anilines is 2. The molecule has 0 spiro atoms. The van der Waals surface area contributed by atoms with Gasteiger partial charge in [0, 0.05) is 93.5 Å². The van der Waals surface area contributed by atoms with Crippen molar-refractivity contribution in [1.29, 1.82) is 0 Å². The predicted molar refractivity (Wildman–Crippen MR) is 456 cm³/mol. The van der Waals surface area contributed by atoms with Crippen molar-refractivity contribution in [3.05, 3.63) is 173 Å². The molecule has 8 rings (SSSR count). The molecule has 3 heterocycles. The van der Waals surface area contributed by atoms with E-state index in [0.29, 0.717) is 53.1 Å². The molecule has 1 aromatic heterocycles. The van der Waals surface area contributed by atoms with E-state index in [2.05, 4.69) is 74.1 Å². The highest BCUT2D eigenvalue weighted by Gasteiger charge is 2.41. The molecule has 36 nitrogen and oxygen atoms in total. The number of hydrogen-bond acceptors (Lipinski definition) is 20. The number of halogens is 1. The normalized spacial score (nSPS) is 15.9. The lowest BCUT2D eigenvalue weighted by molar-refractivity contribution is -0.142. The van der Waals surface area contributed by atoms with Crippen molar-refractivity contribution in [2.75, 3.05) is 56.6 Å². The summed E-state index contributed by atoms with van der Waals surface area (Å²) in [5.74, 6) is -11.2. The van der Waals surface area contributed by atoms with Crippen molar-refractivity contribution in [1.82, 2.24) is 78.6 Å². The monoisotopic (exact) mass is 1720 g/mol. The third kappa shape index (κ3) is 30.6. The van der Waals surface area contributed by atoms with Crippen molar-refractivity contribution in [3.8, 4) is 0 Å². The number of carbonyl (C=O) groups is 15. The summed E-state index contributed by atoms with van der Waals surface area (Å²) in [5, 5.41) is 70.0. The first kappa shape index (κ1) is 96.0. The fourth-order valence-corrected chi connectivity index (χ4v) is 14.1. The molecule has 5 aromatic carbocycles. The minimum atomic E-state index is -1.95. The minimum absolute atomic E-state index is 0.00418. The van der Waals surface area contributed by atoms with Crippen LogP contribution in [0.3, 0.4) is 0 Å². The molecular weight excluding hydrogens is 1610 g/mol. The number of pyridine rings is 1. The summed E-state index contributed by atoms with van der Waals surface area (Å²) in [6, 6.07) is 17.2. The van der Waals surface area contributed by atoms with Gasteiger partial charge >= 0.3 is 12.1 Å². The molecule has 37 heteroatoms. The van der Waals surface area contributed by atoms with E-state index in [4.69, 9.17) is 17.3 Å². The van der Waals surface area contributed by atoms with Crippen LogP contribution in [0.5, 0.6) is 0 Å². The van der Waals surface area contributed by atoms with Gasteiger partial charge in [0.1, 0.15) is 66.5 Å². The highest BCUT2D eigenvalue weighted by molar-refractivity contribution is 6.30. The number of urea groups is 2. The van der Waals surface area contributed by atoms with Gasteiger partial charge in [-0.15, -0.1) is 0 Å². The third-order valence-corrected chi connectivity index (χ3v) is 20.7. The second-order valence-corrected chi connectivity index (χ2v) is 31.6. The maximum Gasteiger partial charge on any atom is 0.322 e. The molecule has 0 bridgehead atoms. The zero-order valence-electron chi connectivity index (χ0n) is 69.5. The maximum absolute atomic E-state index is 15.6. The Morgan fingerprint density at radius 2 is 1.03 bits per heavy atom. The van der Waals surface area contributed by atoms with E-state index < -0.39 is 182 Å². The number of nitrogens with zero attached hydrogens (tertiary/aromatic N) is 3. The van der Waals surface area contributed by atoms with Gasteiger partial charge in [0.05, 0.1) is 26.2 Å². The fraction of sp³-hybridized carbons (Fsp3) is 0.442. The number of benzene rings is 5. The van der Waals surface area contributed by atoms with Crippen molar-refractivity contribution < 1.29 is 87.2 Å². The summed E-state index contributed by atoms with van der Waals surface area (Å²) in [5.41, 5.74) is 8.04. The summed E-state index contributed by atoms with van der Waals surface area (Å²) in [6.07, 6.45) is 2.82. The first-order valence-electron chi connectivity index (χ1n) is 40.9. The Kier molecular flexibility index (Phi) is 37.2. The third-order valence-electron chi connectivity index (χ3n) is 20.5. The van der Waals surface area contributed by atoms with E-state index in [0.717, 1.165) is 10.8 Å². The molecule has 0 saturated carbocycles. The second-order valence-electron chi connectivity index (χ2n) is 31.1. The molecule has 17 amide bonds. The van der Waals surface area contributed by atoms with Crippen LogP contribution < -0.4 is 80.2 Å². The van der Waals surface area contributed by atoms with E-state index in [-0.39, 0.29) is 99.9 Å². The zero-order chi connectivity index (χ0) is 89.4. The number of unbranched alkanes of at least 4 members (excludes halogenated alkanes) is 1. The van der Waals surface area contributed by atoms with E-state index in [1.807, 2.05) is 61.6 Å². The first-order chi connectivity index (χ1) is 58.8. The smallest absolute Gasteiger partial charge is 0.322 e. The van der Waals surface area contributed by atoms with E-state index in [1.54, 1.807) is 50.2 Å². The van der Waals surface area contributed by atoms with Crippen LogP contribution >= 0.6 is 11.6 Å². The quantitative estimate of drug-likeness (QED) is 0.0236. The van der Waals surface area contributed by atoms with Crippen molar-refractivity contribution in [2.24, 2.45) is 11.7 Å². The van der Waals surface area contributed by atoms with Crippen LogP contribution in [-0.2, 0) is 94.4 Å². The molecule has 2 aliphatic heterocycles. The molecule has 2 saturated heterocycles. The standard InChI is InChI=1S/C86H111ClN18O18/c1-49(2)39-64(76(113)95-63(16-9-10-33-90-50(3)4)84(121)105-34-12-17-72(105)83(120)91-51(5)74(88)111)96-78(115)67(42-55-23-30-62(31-24-55)94-86(123)104(35-37-106)36-38-107)98-80(117)68(43-54-21-28-61(29-22-54)93-75(112)70-46-73(110)103-85(122)102-70)100-82(119)71(48-108)101-81(118)69(45-57-13-11-32-89-47-57)99-79(116)66(41-53-19-26-60(87)27-20-53)97-77(114)65(92-52(6)109)44-56-18-25-58-14-7-8-15-59(58)40-56/h7-8,11,13-15,18-32,40,47,49-51,63-72,90,106-108H,9-10,12,16-17,33-39,41-46,48H2,1-6H3,(H2,88,111)(H,91,120)(H,92,109)(H,93,112)(H,94,123)(H,95,113)(H,96,115)(H,97,114)(H,98,117)(H,99,116)(H,100,119)(H,101,118)(H2,102,103,110,122)/t51-,63+,64+,65-,66-,67-,68+,69-,70?,71+,72+/m1/s1. The number of carbonyl (C=O) groups excluding carboxylic acids is 15. The molecule has 2 aliphatic rings. The Balaban J connectivity index is 1.12. The lowest BCUT2D eigenvalue weighted by Crippen LogP contribution is -2.62. The second kappa shape index (κ2) is 47.6. The van der Waals surface area contributed by atoms with Gasteiger partial charge in [-0.1, -0.05) is 124 Å². The summed E-state index contributed by atoms with van der Waals surface area (Å²) in [7, 11) is 0. The van der Waals surface area contributed by atoms with Gasteiger partial charge in [-0.05, 0) is 139 Å². The molecule has 123 heavy (non-hydrogen) atoms. The number of hydrogen-bond donors (Lipinski definition) is 18. The van der Waals surface area contributed by atoms with Crippen LogP contribution in [0.2, 0.25) is 5.02 Å². The number of nitrogens with two attached hydrogens (primary N) is 1. The molecule has 1 unspecified atom stereocenters. The molecule has 660 valence electrons. The number of nitrogens with one attached hydrogen (secondary N) is 14. The Hall–Kier alpha value is -12.5. The van der Waals surface area contributed by atoms with Crippen LogP contribution in [0, 0.1) is 5.92 Å². The fourth-order valence-electron chi connectivity index (χ4n) is 14.0. The number of aromatic nitrogens is 1. The van der Waals surface area contributed by atoms with Gasteiger partial charge < -0.3 is 100.0 Å². The molecule has 0 radical (unpaired) electrons. The topological polar surface area (TPSA) is 531 Å². The van der Waals surface area contributed by atoms with E-state index in [1.165, 1.54) is 84.6 Å². The van der Waals surface area contributed by atoms with E-state index in [9.17, 15) is 58.5 Å². The largest absolute Gasteiger partial charge is 0.395 e. The summed E-state index contributed by atoms with van der Waals surface area (Å²) < 4.78 is 0. The molecule has 19 N–H and O–H groups in total. The number of aliphatic hydroxyl groups is 3. The number of likely N-dealkylation sites (tertiary alicyclic amines) is 1. The SMILES string of the molecule is CC(=O)N[C@H](Cc1ccc2ccccc2c1)C(=O)N[C@H](Cc1ccc(Cl)cc1)C(=O)N[C@H](Cc1cccnc1)C(=O)N[C@@H](CO)C(=O)N[C@@H](Cc1ccc(NC(=O)C2CC(=O)NC(=O)N2)cc1)C(=O)N[C@H](Cc1ccc(NC(=O)N(CCO)CCO)cc1)C(=O)N[C@@H](CC(C)C)C(=O)N[C@@H](CCCCNC(C)C)C(=O)N1CCC[C@H]1C(=O)N[C@H](C)C(N)=O. The van der Waals surface area contributed by atoms with Crippen molar-refractivity contribution >= 4 is 123 Å². The lowest BCUT2D eigenvalue weighted by Gasteiger charge is -2.31. The number of primary amides is 1. The summed E-state index contributed by atoms with van der Waals surface area (Å²) >= 11 is 6.28. The number of rotatable bonds is 45. The molecule has 6 aromatic rings. The Morgan fingerprint density at radius 1 is 0.545 bits per heavy atom. The Morgan fingerprint density at radius 3 is 1.54 bits per heavy atom. The van der Waals surface area contributed by atoms with Crippen LogP contribution in [-0.4, -0.2) is 237 Å². The number of amides is 17. The number of fused-ring (bicyclic) bond motifs is 1. The Bertz CT molecular complexity index is 4660. The summed E-state index contributed by atoms with van der Waals surface area (Å²) in [6.45, 7) is 8.61. The average molecular weight is 1720 g/mol. The van der Waals surface area contributed by atoms with Crippen LogP contribution in [0.25, 0.3) is 10.8 Å². The first-order valence-corrected chi connectivity index (χ1v) is 41.3. The molecular formula is C86H111ClN18O18. The predicted octanol–water partition coefficient (Wildman–Crippen LogP) is 0.843. The van der Waals surface area contributed by atoms with Crippen molar-refractivity contribution in [2.45, 2.75) is 191 Å². The van der Waals surface area contributed by atoms with Crippen LogP contribution in [0.1, 0.15) is 114 Å². The zero-order valence-corrected chi connectivity index (χ0v) is 70.2. The van der Waals surface area contributed by atoms with Crippen LogP contribution in [0.4, 0.5) is 21.0 Å². The molecule has 2 fully saturated rings. The van der Waals surface area contributed by atoms with Gasteiger partial charge in [0.2, 0.25) is 76.8 Å². The number of imide groups is 1. The maximum atomic E-state index is 15.6. The average Bonchev–Trinajstić information content (AvgIpc) is 1.80. The minimum Gasteiger partial charge on any atom is -0.395 e. The van der Waals surface area contributed by atoms with Gasteiger partial charge in [-0.3, -0.25) is 72.6 Å². The lowest BCUT2D eigenvalue weighted by atomic mass is 9.99. The van der Waals surface area contributed by atoms with E-state index >= 15 is 28.8 Å². The molecule has 11 atom stereocenters. The highest BCUT2D eigenvalue weighted by Crippen LogP contribution is 2.24. The Labute approximate surface area is 717 Å². The summed E-state index contributed by atoms with van der Waals surface area (Å²) in [4.78, 5) is 217. The van der Waals surface area contributed by atoms with Crippen molar-refractivity contribution in [3.63, 3.8) is 0 Å². The van der Waals surface area contributed by atoms with Gasteiger partial charge in [-0.2, -0.15) is 0 Å². The highest BCUT2D eigenvalue weighted by atomic mass is 35.5. The molecule has 0 aliphatic carbocycles.